The highest BCUT2D eigenvalue weighted by atomic mass is 16.1. The Labute approximate surface area is 150 Å². The number of carbonyl (C=O) groups excluding carboxylic acids is 1. The average Bonchev–Trinajstić information content (AvgIpc) is 3.06. The highest BCUT2D eigenvalue weighted by Crippen LogP contribution is 2.26. The molecule has 0 radical (unpaired) electrons. The Hall–Kier alpha value is -3.67. The number of anilines is 3. The molecule has 0 aliphatic carbocycles. The van der Waals surface area contributed by atoms with Gasteiger partial charge in [-0.3, -0.25) is 9.78 Å². The van der Waals surface area contributed by atoms with Gasteiger partial charge in [-0.1, -0.05) is 6.07 Å². The Balaban J connectivity index is 1.61. The standard InChI is InChI=1S/C20H17N5O/c1-13(26)23-16-5-2-6-17(9-16)24-20-10-19-15(12-22-20)8-18(25-19)14-4-3-7-21-11-14/h2-12,25H,1H3,(H,22,24)(H,23,26). The summed E-state index contributed by atoms with van der Waals surface area (Å²) in [5, 5.41) is 7.06. The fraction of sp³-hybridized carbons (Fsp3) is 0.0500. The third-order valence-electron chi connectivity index (χ3n) is 3.93. The maximum atomic E-state index is 11.2. The van der Waals surface area contributed by atoms with Crippen molar-refractivity contribution >= 4 is 34.0 Å². The molecule has 3 N–H and O–H groups in total. The Morgan fingerprint density at radius 3 is 2.73 bits per heavy atom. The molecule has 3 aromatic heterocycles. The molecule has 3 heterocycles. The number of amides is 1. The summed E-state index contributed by atoms with van der Waals surface area (Å²) in [6, 6.07) is 15.4. The smallest absolute Gasteiger partial charge is 0.221 e. The first-order valence-electron chi connectivity index (χ1n) is 8.21. The number of hydrogen-bond donors (Lipinski definition) is 3. The zero-order chi connectivity index (χ0) is 17.9. The van der Waals surface area contributed by atoms with Crippen LogP contribution in [-0.2, 0) is 4.79 Å². The van der Waals surface area contributed by atoms with Crippen molar-refractivity contribution in [2.45, 2.75) is 6.92 Å². The zero-order valence-electron chi connectivity index (χ0n) is 14.2. The van der Waals surface area contributed by atoms with Gasteiger partial charge in [0.05, 0.1) is 5.52 Å². The number of carbonyl (C=O) groups is 1. The number of H-pyrrole nitrogens is 1. The number of rotatable bonds is 4. The molecule has 128 valence electrons. The van der Waals surface area contributed by atoms with Crippen LogP contribution in [0.25, 0.3) is 22.2 Å². The normalized spacial score (nSPS) is 10.7. The Kier molecular flexibility index (Phi) is 4.07. The molecule has 0 saturated heterocycles. The van der Waals surface area contributed by atoms with E-state index < -0.39 is 0 Å². The Morgan fingerprint density at radius 1 is 1.04 bits per heavy atom. The van der Waals surface area contributed by atoms with Gasteiger partial charge < -0.3 is 15.6 Å². The minimum absolute atomic E-state index is 0.101. The van der Waals surface area contributed by atoms with Gasteiger partial charge in [-0.25, -0.2) is 4.98 Å². The van der Waals surface area contributed by atoms with Gasteiger partial charge in [-0.2, -0.15) is 0 Å². The first-order valence-corrected chi connectivity index (χ1v) is 8.21. The molecule has 0 atom stereocenters. The zero-order valence-corrected chi connectivity index (χ0v) is 14.2. The van der Waals surface area contributed by atoms with Crippen molar-refractivity contribution in [3.8, 4) is 11.3 Å². The second-order valence-electron chi connectivity index (χ2n) is 5.97. The van der Waals surface area contributed by atoms with E-state index in [0.29, 0.717) is 0 Å². The van der Waals surface area contributed by atoms with Crippen molar-refractivity contribution in [3.05, 3.63) is 67.1 Å². The van der Waals surface area contributed by atoms with E-state index in [0.717, 1.165) is 39.4 Å². The number of benzene rings is 1. The molecule has 0 aliphatic rings. The van der Waals surface area contributed by atoms with Gasteiger partial charge in [0.25, 0.3) is 0 Å². The van der Waals surface area contributed by atoms with Crippen molar-refractivity contribution in [2.75, 3.05) is 10.6 Å². The third-order valence-corrected chi connectivity index (χ3v) is 3.93. The monoisotopic (exact) mass is 343 g/mol. The van der Waals surface area contributed by atoms with Crippen LogP contribution in [0.4, 0.5) is 17.2 Å². The molecule has 0 saturated carbocycles. The molecule has 6 nitrogen and oxygen atoms in total. The van der Waals surface area contributed by atoms with Gasteiger partial charge >= 0.3 is 0 Å². The van der Waals surface area contributed by atoms with E-state index in [-0.39, 0.29) is 5.91 Å². The van der Waals surface area contributed by atoms with Crippen LogP contribution >= 0.6 is 0 Å². The maximum Gasteiger partial charge on any atom is 0.221 e. The quantitative estimate of drug-likeness (QED) is 0.515. The van der Waals surface area contributed by atoms with Crippen LogP contribution in [0, 0.1) is 0 Å². The first-order chi connectivity index (χ1) is 12.7. The molecule has 4 aromatic rings. The first kappa shape index (κ1) is 15.8. The summed E-state index contributed by atoms with van der Waals surface area (Å²) >= 11 is 0. The SMILES string of the molecule is CC(=O)Nc1cccc(Nc2cc3[nH]c(-c4cccnc4)cc3cn2)c1. The Morgan fingerprint density at radius 2 is 1.92 bits per heavy atom. The Bertz CT molecular complexity index is 1070. The van der Waals surface area contributed by atoms with Crippen LogP contribution in [0.2, 0.25) is 0 Å². The molecule has 0 bridgehead atoms. The summed E-state index contributed by atoms with van der Waals surface area (Å²) in [5.41, 5.74) is 4.60. The lowest BCUT2D eigenvalue weighted by Gasteiger charge is -2.08. The summed E-state index contributed by atoms with van der Waals surface area (Å²) in [5.74, 6) is 0.619. The molecule has 26 heavy (non-hydrogen) atoms. The van der Waals surface area contributed by atoms with E-state index in [9.17, 15) is 4.79 Å². The van der Waals surface area contributed by atoms with Crippen molar-refractivity contribution in [1.82, 2.24) is 15.0 Å². The molecule has 6 heteroatoms. The second kappa shape index (κ2) is 6.68. The number of nitrogens with one attached hydrogen (secondary N) is 3. The van der Waals surface area contributed by atoms with E-state index in [1.165, 1.54) is 6.92 Å². The van der Waals surface area contributed by atoms with Crippen LogP contribution < -0.4 is 10.6 Å². The number of pyridine rings is 2. The molecule has 0 spiro atoms. The number of aromatic nitrogens is 3. The lowest BCUT2D eigenvalue weighted by atomic mass is 10.2. The summed E-state index contributed by atoms with van der Waals surface area (Å²) in [4.78, 5) is 23.2. The predicted molar refractivity (Wildman–Crippen MR) is 103 cm³/mol. The van der Waals surface area contributed by atoms with Crippen molar-refractivity contribution in [1.29, 1.82) is 0 Å². The van der Waals surface area contributed by atoms with Crippen LogP contribution in [0.1, 0.15) is 6.92 Å². The lowest BCUT2D eigenvalue weighted by molar-refractivity contribution is -0.114. The molecular formula is C20H17N5O. The molecule has 0 fully saturated rings. The summed E-state index contributed by atoms with van der Waals surface area (Å²) < 4.78 is 0. The maximum absolute atomic E-state index is 11.2. The van der Waals surface area contributed by atoms with E-state index in [1.807, 2.05) is 54.9 Å². The van der Waals surface area contributed by atoms with E-state index in [4.69, 9.17) is 0 Å². The average molecular weight is 343 g/mol. The minimum atomic E-state index is -0.101. The number of hydrogen-bond acceptors (Lipinski definition) is 4. The van der Waals surface area contributed by atoms with Crippen LogP contribution in [0.3, 0.4) is 0 Å². The van der Waals surface area contributed by atoms with Gasteiger partial charge in [-0.05, 0) is 36.4 Å². The molecule has 0 aliphatic heterocycles. The fourth-order valence-electron chi connectivity index (χ4n) is 2.80. The summed E-state index contributed by atoms with van der Waals surface area (Å²) in [7, 11) is 0. The van der Waals surface area contributed by atoms with Gasteiger partial charge in [0.2, 0.25) is 5.91 Å². The largest absolute Gasteiger partial charge is 0.354 e. The van der Waals surface area contributed by atoms with Gasteiger partial charge in [0.1, 0.15) is 5.82 Å². The fourth-order valence-corrected chi connectivity index (χ4v) is 2.80. The van der Waals surface area contributed by atoms with E-state index >= 15 is 0 Å². The molecule has 0 unspecified atom stereocenters. The lowest BCUT2D eigenvalue weighted by Crippen LogP contribution is -2.05. The summed E-state index contributed by atoms with van der Waals surface area (Å²) in [6.07, 6.45) is 5.40. The van der Waals surface area contributed by atoms with Crippen LogP contribution in [0.15, 0.2) is 67.1 Å². The molecule has 1 amide bonds. The third kappa shape index (κ3) is 3.39. The number of aromatic amines is 1. The van der Waals surface area contributed by atoms with Crippen molar-refractivity contribution < 1.29 is 4.79 Å². The van der Waals surface area contributed by atoms with Gasteiger partial charge in [0, 0.05) is 59.6 Å². The topological polar surface area (TPSA) is 82.7 Å². The summed E-state index contributed by atoms with van der Waals surface area (Å²) in [6.45, 7) is 1.49. The van der Waals surface area contributed by atoms with E-state index in [2.05, 4.69) is 31.7 Å². The van der Waals surface area contributed by atoms with E-state index in [1.54, 1.807) is 6.20 Å². The van der Waals surface area contributed by atoms with Crippen molar-refractivity contribution in [2.24, 2.45) is 0 Å². The van der Waals surface area contributed by atoms with Crippen LogP contribution in [0.5, 0.6) is 0 Å². The van der Waals surface area contributed by atoms with Gasteiger partial charge in [0.15, 0.2) is 0 Å². The predicted octanol–water partition coefficient (Wildman–Crippen LogP) is 4.33. The number of nitrogens with zero attached hydrogens (tertiary/aromatic N) is 2. The molecular weight excluding hydrogens is 326 g/mol. The van der Waals surface area contributed by atoms with Gasteiger partial charge in [-0.15, -0.1) is 0 Å². The molecule has 4 rings (SSSR count). The second-order valence-corrected chi connectivity index (χ2v) is 5.97. The molecule has 1 aromatic carbocycles. The number of fused-ring (bicyclic) bond motifs is 1. The van der Waals surface area contributed by atoms with Crippen LogP contribution in [-0.4, -0.2) is 20.9 Å². The van der Waals surface area contributed by atoms with Crippen molar-refractivity contribution in [3.63, 3.8) is 0 Å². The minimum Gasteiger partial charge on any atom is -0.354 e. The highest BCUT2D eigenvalue weighted by molar-refractivity contribution is 5.90. The highest BCUT2D eigenvalue weighted by Gasteiger charge is 2.06.